The molecule has 2 rings (SSSR count). The first kappa shape index (κ1) is 24.3. The van der Waals surface area contributed by atoms with Crippen molar-refractivity contribution in [2.45, 2.75) is 64.3 Å². The van der Waals surface area contributed by atoms with Gasteiger partial charge in [0.15, 0.2) is 0 Å². The fourth-order valence-corrected chi connectivity index (χ4v) is 4.99. The summed E-state index contributed by atoms with van der Waals surface area (Å²) in [6.07, 6.45) is 2.78. The largest absolute Gasteiger partial charge is 0.354 e. The van der Waals surface area contributed by atoms with Crippen molar-refractivity contribution in [2.24, 2.45) is 11.8 Å². The molecule has 8 heteroatoms. The molecule has 168 valence electrons. The third-order valence-electron chi connectivity index (χ3n) is 5.56. The summed E-state index contributed by atoms with van der Waals surface area (Å²) in [4.78, 5) is 25.5. The highest BCUT2D eigenvalue weighted by Gasteiger charge is 2.34. The molecule has 7 nitrogen and oxygen atoms in total. The normalized spacial score (nSPS) is 17.0. The van der Waals surface area contributed by atoms with E-state index in [9.17, 15) is 18.0 Å². The zero-order valence-corrected chi connectivity index (χ0v) is 19.3. The zero-order chi connectivity index (χ0) is 22.3. The molecule has 1 unspecified atom stereocenters. The average molecular weight is 438 g/mol. The number of benzene rings is 1. The number of rotatable bonds is 9. The number of carbonyl (C=O) groups excluding carboxylic acids is 2. The van der Waals surface area contributed by atoms with Crippen molar-refractivity contribution >= 4 is 21.8 Å². The van der Waals surface area contributed by atoms with Crippen LogP contribution in [0.2, 0.25) is 0 Å². The third kappa shape index (κ3) is 6.28. The predicted octanol–water partition coefficient (Wildman–Crippen LogP) is 2.45. The molecule has 1 aromatic rings. The van der Waals surface area contributed by atoms with Gasteiger partial charge in [0.25, 0.3) is 0 Å². The molecule has 2 amide bonds. The van der Waals surface area contributed by atoms with Gasteiger partial charge in [0.05, 0.1) is 4.90 Å². The summed E-state index contributed by atoms with van der Waals surface area (Å²) in [5.41, 5.74) is 1.00. The minimum Gasteiger partial charge on any atom is -0.354 e. The molecule has 0 aromatic heterocycles. The monoisotopic (exact) mass is 437 g/mol. The Kier molecular flexibility index (Phi) is 8.85. The Morgan fingerprint density at radius 3 is 2.27 bits per heavy atom. The van der Waals surface area contributed by atoms with Crippen LogP contribution in [-0.4, -0.2) is 50.2 Å². The highest BCUT2D eigenvalue weighted by Crippen LogP contribution is 2.24. The van der Waals surface area contributed by atoms with Gasteiger partial charge in [-0.1, -0.05) is 44.9 Å². The van der Waals surface area contributed by atoms with E-state index in [0.29, 0.717) is 32.5 Å². The Bertz CT molecular complexity index is 813. The predicted molar refractivity (Wildman–Crippen MR) is 117 cm³/mol. The van der Waals surface area contributed by atoms with E-state index in [1.54, 1.807) is 24.3 Å². The molecule has 1 atom stereocenters. The van der Waals surface area contributed by atoms with Crippen LogP contribution in [0.1, 0.15) is 52.0 Å². The van der Waals surface area contributed by atoms with E-state index in [1.165, 1.54) is 4.31 Å². The van der Waals surface area contributed by atoms with Crippen molar-refractivity contribution in [2.75, 3.05) is 19.6 Å². The first-order chi connectivity index (χ1) is 14.2. The molecule has 0 radical (unpaired) electrons. The Morgan fingerprint density at radius 2 is 1.73 bits per heavy atom. The molecule has 0 saturated carbocycles. The standard InChI is InChI=1S/C22H35N3O4S/c1-5-6-13-23-22(27)20(16(2)3)24-21(26)18-11-14-25(15-12-18)30(28,29)19-9-7-17(4)8-10-19/h7-10,16,18,20H,5-6,11-15H2,1-4H3,(H,23,27)(H,24,26). The van der Waals surface area contributed by atoms with Crippen LogP contribution in [-0.2, 0) is 19.6 Å². The maximum Gasteiger partial charge on any atom is 0.243 e. The molecule has 1 aliphatic rings. The van der Waals surface area contributed by atoms with E-state index < -0.39 is 16.1 Å². The van der Waals surface area contributed by atoms with Crippen LogP contribution in [0.3, 0.4) is 0 Å². The van der Waals surface area contributed by atoms with Gasteiger partial charge in [0.1, 0.15) is 6.04 Å². The molecular weight excluding hydrogens is 402 g/mol. The number of hydrogen-bond acceptors (Lipinski definition) is 4. The minimum absolute atomic E-state index is 0.0300. The fourth-order valence-electron chi connectivity index (χ4n) is 3.52. The van der Waals surface area contributed by atoms with Gasteiger partial charge in [-0.25, -0.2) is 8.42 Å². The van der Waals surface area contributed by atoms with Crippen molar-refractivity contribution in [3.05, 3.63) is 29.8 Å². The van der Waals surface area contributed by atoms with Crippen molar-refractivity contribution in [1.82, 2.24) is 14.9 Å². The molecule has 1 aliphatic heterocycles. The molecule has 2 N–H and O–H groups in total. The van der Waals surface area contributed by atoms with Gasteiger partial charge in [0.2, 0.25) is 21.8 Å². The van der Waals surface area contributed by atoms with Crippen molar-refractivity contribution in [3.8, 4) is 0 Å². The molecule has 1 heterocycles. The average Bonchev–Trinajstić information content (AvgIpc) is 2.72. The quantitative estimate of drug-likeness (QED) is 0.580. The molecule has 0 spiro atoms. The van der Waals surface area contributed by atoms with E-state index in [0.717, 1.165) is 18.4 Å². The van der Waals surface area contributed by atoms with Crippen molar-refractivity contribution in [1.29, 1.82) is 0 Å². The zero-order valence-electron chi connectivity index (χ0n) is 18.5. The lowest BCUT2D eigenvalue weighted by Gasteiger charge is -2.32. The van der Waals surface area contributed by atoms with Crippen LogP contribution in [0.5, 0.6) is 0 Å². The van der Waals surface area contributed by atoms with Crippen LogP contribution in [0, 0.1) is 18.8 Å². The van der Waals surface area contributed by atoms with E-state index in [1.807, 2.05) is 20.8 Å². The number of amides is 2. The van der Waals surface area contributed by atoms with Crippen LogP contribution in [0.25, 0.3) is 0 Å². The van der Waals surface area contributed by atoms with Crippen LogP contribution < -0.4 is 10.6 Å². The molecule has 0 bridgehead atoms. The summed E-state index contributed by atoms with van der Waals surface area (Å²) < 4.78 is 27.1. The summed E-state index contributed by atoms with van der Waals surface area (Å²) >= 11 is 0. The van der Waals surface area contributed by atoms with E-state index >= 15 is 0 Å². The fraction of sp³-hybridized carbons (Fsp3) is 0.636. The highest BCUT2D eigenvalue weighted by molar-refractivity contribution is 7.89. The van der Waals surface area contributed by atoms with Gasteiger partial charge in [-0.3, -0.25) is 9.59 Å². The lowest BCUT2D eigenvalue weighted by molar-refractivity contribution is -0.132. The molecule has 1 aromatic carbocycles. The van der Waals surface area contributed by atoms with Gasteiger partial charge in [-0.05, 0) is 44.2 Å². The number of hydrogen-bond donors (Lipinski definition) is 2. The Balaban J connectivity index is 1.94. The summed E-state index contributed by atoms with van der Waals surface area (Å²) in [6, 6.07) is 6.22. The molecule has 1 fully saturated rings. The number of piperidine rings is 1. The van der Waals surface area contributed by atoms with Gasteiger partial charge in [0, 0.05) is 25.6 Å². The van der Waals surface area contributed by atoms with Gasteiger partial charge in [-0.2, -0.15) is 4.31 Å². The molecule has 30 heavy (non-hydrogen) atoms. The van der Waals surface area contributed by atoms with E-state index in [4.69, 9.17) is 0 Å². The first-order valence-electron chi connectivity index (χ1n) is 10.8. The maximum atomic E-state index is 12.8. The number of aryl methyl sites for hydroxylation is 1. The summed E-state index contributed by atoms with van der Waals surface area (Å²) in [7, 11) is -3.55. The smallest absolute Gasteiger partial charge is 0.243 e. The molecular formula is C22H35N3O4S. The second-order valence-electron chi connectivity index (χ2n) is 8.37. The highest BCUT2D eigenvalue weighted by atomic mass is 32.2. The van der Waals surface area contributed by atoms with Gasteiger partial charge >= 0.3 is 0 Å². The Labute approximate surface area is 180 Å². The van der Waals surface area contributed by atoms with Crippen LogP contribution >= 0.6 is 0 Å². The minimum atomic E-state index is -3.55. The van der Waals surface area contributed by atoms with E-state index in [2.05, 4.69) is 17.6 Å². The number of nitrogens with zero attached hydrogens (tertiary/aromatic N) is 1. The third-order valence-corrected chi connectivity index (χ3v) is 7.47. The second kappa shape index (κ2) is 10.9. The molecule has 0 aliphatic carbocycles. The van der Waals surface area contributed by atoms with Crippen molar-refractivity contribution < 1.29 is 18.0 Å². The van der Waals surface area contributed by atoms with Crippen molar-refractivity contribution in [3.63, 3.8) is 0 Å². The summed E-state index contributed by atoms with van der Waals surface area (Å²) in [5.74, 6) is -0.658. The summed E-state index contributed by atoms with van der Waals surface area (Å²) in [6.45, 7) is 8.97. The van der Waals surface area contributed by atoms with Crippen LogP contribution in [0.4, 0.5) is 0 Å². The number of nitrogens with one attached hydrogen (secondary N) is 2. The van der Waals surface area contributed by atoms with E-state index in [-0.39, 0.29) is 28.5 Å². The van der Waals surface area contributed by atoms with Gasteiger partial charge < -0.3 is 10.6 Å². The van der Waals surface area contributed by atoms with Gasteiger partial charge in [-0.15, -0.1) is 0 Å². The lowest BCUT2D eigenvalue weighted by atomic mass is 9.95. The number of unbranched alkanes of at least 4 members (excludes halogenated alkanes) is 1. The SMILES string of the molecule is CCCCNC(=O)C(NC(=O)C1CCN(S(=O)(=O)c2ccc(C)cc2)CC1)C(C)C. The lowest BCUT2D eigenvalue weighted by Crippen LogP contribution is -2.52. The number of sulfonamides is 1. The number of carbonyl (C=O) groups is 2. The maximum absolute atomic E-state index is 12.8. The van der Waals surface area contributed by atoms with Crippen LogP contribution in [0.15, 0.2) is 29.2 Å². The Morgan fingerprint density at radius 1 is 1.13 bits per heavy atom. The molecule has 1 saturated heterocycles. The first-order valence-corrected chi connectivity index (χ1v) is 12.3. The summed E-state index contributed by atoms with van der Waals surface area (Å²) in [5, 5.41) is 5.77. The topological polar surface area (TPSA) is 95.6 Å². The second-order valence-corrected chi connectivity index (χ2v) is 10.3. The Hall–Kier alpha value is -1.93.